The van der Waals surface area contributed by atoms with Crippen LogP contribution in [0.1, 0.15) is 5.56 Å². The van der Waals surface area contributed by atoms with Gasteiger partial charge in [-0.3, -0.25) is 4.79 Å². The van der Waals surface area contributed by atoms with Crippen molar-refractivity contribution in [1.29, 1.82) is 0 Å². The van der Waals surface area contributed by atoms with Crippen LogP contribution in [0.3, 0.4) is 0 Å². The highest BCUT2D eigenvalue weighted by Gasteiger charge is 2.09. The largest absolute Gasteiger partial charge is 0.469 e. The number of carbonyl (C=O) groups is 1. The van der Waals surface area contributed by atoms with E-state index in [1.165, 1.54) is 30.6 Å². The van der Waals surface area contributed by atoms with Gasteiger partial charge in [0.2, 0.25) is 0 Å². The number of hydrogen-bond donors (Lipinski definition) is 0. The number of benzene rings is 2. The Balaban J connectivity index is 1.98. The number of nitrogens with zero attached hydrogens (tertiary/aromatic N) is 1. The Bertz CT molecular complexity index is 813. The highest BCUT2D eigenvalue weighted by atomic mass is 32.1. The van der Waals surface area contributed by atoms with Crippen molar-refractivity contribution < 1.29 is 13.9 Å². The van der Waals surface area contributed by atoms with E-state index in [9.17, 15) is 9.18 Å². The van der Waals surface area contributed by atoms with E-state index in [-0.39, 0.29) is 18.2 Å². The molecule has 0 unspecified atom stereocenters. The zero-order chi connectivity index (χ0) is 14.8. The van der Waals surface area contributed by atoms with Gasteiger partial charge < -0.3 is 4.74 Å². The lowest BCUT2D eigenvalue weighted by atomic mass is 10.1. The minimum absolute atomic E-state index is 0.226. The molecule has 0 saturated heterocycles. The van der Waals surface area contributed by atoms with E-state index >= 15 is 0 Å². The van der Waals surface area contributed by atoms with Gasteiger partial charge in [0.25, 0.3) is 0 Å². The summed E-state index contributed by atoms with van der Waals surface area (Å²) in [6.07, 6.45) is 0.226. The molecule has 0 radical (unpaired) electrons. The van der Waals surface area contributed by atoms with Crippen LogP contribution in [-0.2, 0) is 16.0 Å². The first-order valence-electron chi connectivity index (χ1n) is 6.38. The van der Waals surface area contributed by atoms with Gasteiger partial charge in [-0.1, -0.05) is 18.2 Å². The number of carbonyl (C=O) groups excluding carboxylic acids is 1. The quantitative estimate of drug-likeness (QED) is 0.690. The van der Waals surface area contributed by atoms with Crippen LogP contribution in [0, 0.1) is 5.82 Å². The van der Waals surface area contributed by atoms with Gasteiger partial charge in [0.05, 0.1) is 23.7 Å². The molecule has 1 heterocycles. The molecule has 3 rings (SSSR count). The van der Waals surface area contributed by atoms with E-state index in [0.29, 0.717) is 0 Å². The van der Waals surface area contributed by atoms with E-state index in [1.807, 2.05) is 24.3 Å². The van der Waals surface area contributed by atoms with Gasteiger partial charge in [0.15, 0.2) is 0 Å². The van der Waals surface area contributed by atoms with Crippen molar-refractivity contribution >= 4 is 27.5 Å². The lowest BCUT2D eigenvalue weighted by molar-refractivity contribution is -0.139. The number of ether oxygens (including phenoxy) is 1. The molecule has 21 heavy (non-hydrogen) atoms. The third-order valence-electron chi connectivity index (χ3n) is 3.10. The van der Waals surface area contributed by atoms with Crippen LogP contribution >= 0.6 is 11.3 Å². The summed E-state index contributed by atoms with van der Waals surface area (Å²) in [7, 11) is 1.37. The van der Waals surface area contributed by atoms with Crippen molar-refractivity contribution in [3.05, 3.63) is 53.8 Å². The first kappa shape index (κ1) is 13.7. The first-order valence-corrected chi connectivity index (χ1v) is 7.19. The third-order valence-corrected chi connectivity index (χ3v) is 4.17. The van der Waals surface area contributed by atoms with Crippen LogP contribution in [-0.4, -0.2) is 18.1 Å². The molecular weight excluding hydrogens is 289 g/mol. The van der Waals surface area contributed by atoms with Gasteiger partial charge in [-0.05, 0) is 29.8 Å². The summed E-state index contributed by atoms with van der Waals surface area (Å²) in [6.45, 7) is 0. The predicted molar refractivity (Wildman–Crippen MR) is 80.7 cm³/mol. The summed E-state index contributed by atoms with van der Waals surface area (Å²) in [4.78, 5) is 15.8. The molecule has 0 spiro atoms. The molecule has 0 amide bonds. The lowest BCUT2D eigenvalue weighted by Crippen LogP contribution is -2.04. The number of hydrogen-bond acceptors (Lipinski definition) is 4. The summed E-state index contributed by atoms with van der Waals surface area (Å²) in [5, 5.41) is 0.808. The van der Waals surface area contributed by atoms with Crippen LogP contribution in [0.15, 0.2) is 42.5 Å². The minimum Gasteiger partial charge on any atom is -0.469 e. The van der Waals surface area contributed by atoms with Gasteiger partial charge in [0, 0.05) is 5.56 Å². The Hall–Kier alpha value is -2.27. The summed E-state index contributed by atoms with van der Waals surface area (Å²) in [5.41, 5.74) is 2.55. The molecular formula is C16H12FNO2S. The van der Waals surface area contributed by atoms with Crippen LogP contribution in [0.2, 0.25) is 0 Å². The Morgan fingerprint density at radius 2 is 2.14 bits per heavy atom. The maximum Gasteiger partial charge on any atom is 0.309 e. The molecule has 3 nitrogen and oxygen atoms in total. The van der Waals surface area contributed by atoms with Crippen LogP contribution in [0.5, 0.6) is 0 Å². The molecule has 1 aromatic heterocycles. The molecule has 106 valence electrons. The molecule has 0 fully saturated rings. The number of halogens is 1. The maximum absolute atomic E-state index is 13.2. The number of fused-ring (bicyclic) bond motifs is 1. The average Bonchev–Trinajstić information content (AvgIpc) is 2.90. The molecule has 0 bridgehead atoms. The summed E-state index contributed by atoms with van der Waals surface area (Å²) in [6, 6.07) is 12.1. The second kappa shape index (κ2) is 5.61. The molecule has 0 saturated carbocycles. The predicted octanol–water partition coefficient (Wildman–Crippen LogP) is 3.82. The van der Waals surface area contributed by atoms with Gasteiger partial charge in [0.1, 0.15) is 10.8 Å². The minimum atomic E-state index is -0.279. The smallest absolute Gasteiger partial charge is 0.309 e. The zero-order valence-corrected chi connectivity index (χ0v) is 12.1. The van der Waals surface area contributed by atoms with E-state index in [1.54, 1.807) is 6.07 Å². The summed E-state index contributed by atoms with van der Waals surface area (Å²) >= 11 is 1.43. The van der Waals surface area contributed by atoms with E-state index in [2.05, 4.69) is 9.72 Å². The topological polar surface area (TPSA) is 39.2 Å². The number of aromatic nitrogens is 1. The van der Waals surface area contributed by atoms with Crippen molar-refractivity contribution in [2.45, 2.75) is 6.42 Å². The number of rotatable bonds is 3. The fourth-order valence-electron chi connectivity index (χ4n) is 2.08. The van der Waals surface area contributed by atoms with Gasteiger partial charge >= 0.3 is 5.97 Å². The van der Waals surface area contributed by atoms with E-state index in [4.69, 9.17) is 0 Å². The van der Waals surface area contributed by atoms with E-state index < -0.39 is 0 Å². The number of methoxy groups -OCH3 is 1. The second-order valence-corrected chi connectivity index (χ2v) is 5.62. The highest BCUT2D eigenvalue weighted by Crippen LogP contribution is 2.31. The van der Waals surface area contributed by atoms with Crippen LogP contribution in [0.25, 0.3) is 20.8 Å². The molecule has 0 aliphatic carbocycles. The highest BCUT2D eigenvalue weighted by molar-refractivity contribution is 7.21. The fraction of sp³-hybridized carbons (Fsp3) is 0.125. The van der Waals surface area contributed by atoms with Crippen molar-refractivity contribution in [3.63, 3.8) is 0 Å². The SMILES string of the molecule is COC(=O)Cc1cccc(-c2nc3ccc(F)cc3s2)c1. The molecule has 0 atom stereocenters. The molecule has 2 aromatic carbocycles. The Morgan fingerprint density at radius 3 is 2.95 bits per heavy atom. The molecule has 3 aromatic rings. The van der Waals surface area contributed by atoms with Crippen LogP contribution in [0.4, 0.5) is 4.39 Å². The number of thiazole rings is 1. The molecule has 5 heteroatoms. The normalized spacial score (nSPS) is 10.8. The van der Waals surface area contributed by atoms with Crippen molar-refractivity contribution in [2.24, 2.45) is 0 Å². The standard InChI is InChI=1S/C16H12FNO2S/c1-20-15(19)8-10-3-2-4-11(7-10)16-18-13-6-5-12(17)9-14(13)21-16/h2-7,9H,8H2,1H3. The number of esters is 1. The fourth-order valence-corrected chi connectivity index (χ4v) is 3.06. The zero-order valence-electron chi connectivity index (χ0n) is 11.3. The van der Waals surface area contributed by atoms with Crippen LogP contribution < -0.4 is 0 Å². The van der Waals surface area contributed by atoms with Gasteiger partial charge in [-0.15, -0.1) is 11.3 Å². The average molecular weight is 301 g/mol. The second-order valence-electron chi connectivity index (χ2n) is 4.58. The molecule has 0 aliphatic rings. The lowest BCUT2D eigenvalue weighted by Gasteiger charge is -2.02. The summed E-state index contributed by atoms with van der Waals surface area (Å²) < 4.78 is 18.7. The molecule has 0 N–H and O–H groups in total. The Labute approximate surface area is 125 Å². The van der Waals surface area contributed by atoms with Crippen molar-refractivity contribution in [3.8, 4) is 10.6 Å². The van der Waals surface area contributed by atoms with Crippen molar-refractivity contribution in [1.82, 2.24) is 4.98 Å². The van der Waals surface area contributed by atoms with Gasteiger partial charge in [-0.25, -0.2) is 9.37 Å². The first-order chi connectivity index (χ1) is 10.2. The van der Waals surface area contributed by atoms with E-state index in [0.717, 1.165) is 26.4 Å². The maximum atomic E-state index is 13.2. The Morgan fingerprint density at radius 1 is 1.29 bits per heavy atom. The molecule has 0 aliphatic heterocycles. The van der Waals surface area contributed by atoms with Gasteiger partial charge in [-0.2, -0.15) is 0 Å². The van der Waals surface area contributed by atoms with Crippen molar-refractivity contribution in [2.75, 3.05) is 7.11 Å². The monoisotopic (exact) mass is 301 g/mol. The summed E-state index contributed by atoms with van der Waals surface area (Å²) in [5.74, 6) is -0.546. The third kappa shape index (κ3) is 2.92. The Kier molecular flexibility index (Phi) is 3.66.